The first-order chi connectivity index (χ1) is 14.1. The van der Waals surface area contributed by atoms with Crippen LogP contribution in [0.15, 0.2) is 29.6 Å². The molecule has 156 valence electrons. The summed E-state index contributed by atoms with van der Waals surface area (Å²) in [6, 6.07) is 4.01. The standard InChI is InChI=1S/C22H30N4O2S/c1-7-10-25(11-8-2)22-21(29-6)24-20-19(23-9-12-26(20)22)18-16(27-4)13-15(3)14-17(18)28-5/h9,12-14H,7-8,10-11H2,1-6H3. The summed E-state index contributed by atoms with van der Waals surface area (Å²) in [4.78, 5) is 12.1. The normalized spacial score (nSPS) is 11.1. The molecule has 0 saturated heterocycles. The van der Waals surface area contributed by atoms with E-state index >= 15 is 0 Å². The van der Waals surface area contributed by atoms with Gasteiger partial charge in [-0.1, -0.05) is 13.8 Å². The van der Waals surface area contributed by atoms with Gasteiger partial charge in [0.15, 0.2) is 5.65 Å². The van der Waals surface area contributed by atoms with Gasteiger partial charge in [0, 0.05) is 25.5 Å². The molecule has 0 atom stereocenters. The third-order valence-electron chi connectivity index (χ3n) is 4.85. The van der Waals surface area contributed by atoms with Crippen molar-refractivity contribution in [1.29, 1.82) is 0 Å². The van der Waals surface area contributed by atoms with Crippen molar-refractivity contribution in [2.24, 2.45) is 0 Å². The smallest absolute Gasteiger partial charge is 0.166 e. The van der Waals surface area contributed by atoms with E-state index in [-0.39, 0.29) is 0 Å². The Balaban J connectivity index is 2.31. The van der Waals surface area contributed by atoms with Gasteiger partial charge in [0.1, 0.15) is 28.0 Å². The van der Waals surface area contributed by atoms with Crippen LogP contribution in [0.1, 0.15) is 32.3 Å². The van der Waals surface area contributed by atoms with Gasteiger partial charge >= 0.3 is 0 Å². The Morgan fingerprint density at radius 3 is 2.21 bits per heavy atom. The molecule has 2 aromatic heterocycles. The molecule has 2 heterocycles. The van der Waals surface area contributed by atoms with Crippen LogP contribution < -0.4 is 14.4 Å². The van der Waals surface area contributed by atoms with Gasteiger partial charge in [-0.25, -0.2) is 4.98 Å². The second-order valence-electron chi connectivity index (χ2n) is 6.95. The van der Waals surface area contributed by atoms with Crippen LogP contribution in [0.3, 0.4) is 0 Å². The molecule has 0 amide bonds. The highest BCUT2D eigenvalue weighted by Crippen LogP contribution is 2.41. The number of ether oxygens (including phenoxy) is 2. The number of fused-ring (bicyclic) bond motifs is 1. The maximum Gasteiger partial charge on any atom is 0.166 e. The van der Waals surface area contributed by atoms with Gasteiger partial charge < -0.3 is 14.4 Å². The number of hydrogen-bond acceptors (Lipinski definition) is 6. The number of hydrogen-bond donors (Lipinski definition) is 0. The van der Waals surface area contributed by atoms with E-state index < -0.39 is 0 Å². The lowest BCUT2D eigenvalue weighted by molar-refractivity contribution is 0.396. The largest absolute Gasteiger partial charge is 0.496 e. The number of aryl methyl sites for hydroxylation is 1. The lowest BCUT2D eigenvalue weighted by Crippen LogP contribution is -2.26. The molecule has 0 spiro atoms. The van der Waals surface area contributed by atoms with Gasteiger partial charge in [-0.15, -0.1) is 11.8 Å². The molecule has 0 fully saturated rings. The van der Waals surface area contributed by atoms with Crippen molar-refractivity contribution < 1.29 is 9.47 Å². The molecule has 0 radical (unpaired) electrons. The maximum atomic E-state index is 5.69. The highest BCUT2D eigenvalue weighted by Gasteiger charge is 2.23. The quantitative estimate of drug-likeness (QED) is 0.456. The fourth-order valence-corrected chi connectivity index (χ4v) is 4.27. The van der Waals surface area contributed by atoms with Crippen LogP contribution in [0.2, 0.25) is 0 Å². The molecule has 3 aromatic rings. The third-order valence-corrected chi connectivity index (χ3v) is 5.51. The summed E-state index contributed by atoms with van der Waals surface area (Å²) in [5.41, 5.74) is 3.47. The zero-order valence-electron chi connectivity index (χ0n) is 18.2. The number of aromatic nitrogens is 3. The molecular formula is C22H30N4O2S. The Morgan fingerprint density at radius 2 is 1.69 bits per heavy atom. The number of nitrogens with zero attached hydrogens (tertiary/aromatic N) is 4. The molecule has 0 bridgehead atoms. The molecule has 1 aromatic carbocycles. The zero-order chi connectivity index (χ0) is 21.0. The molecule has 0 N–H and O–H groups in total. The Morgan fingerprint density at radius 1 is 1.07 bits per heavy atom. The molecule has 6 nitrogen and oxygen atoms in total. The zero-order valence-corrected chi connectivity index (χ0v) is 19.0. The lowest BCUT2D eigenvalue weighted by atomic mass is 10.1. The predicted octanol–water partition coefficient (Wildman–Crippen LogP) is 5.07. The number of benzene rings is 1. The molecular weight excluding hydrogens is 384 g/mol. The maximum absolute atomic E-state index is 5.69. The molecule has 0 aliphatic rings. The topological polar surface area (TPSA) is 51.9 Å². The van der Waals surface area contributed by atoms with Gasteiger partial charge in [-0.05, 0) is 43.7 Å². The van der Waals surface area contributed by atoms with E-state index in [0.29, 0.717) is 0 Å². The first-order valence-corrected chi connectivity index (χ1v) is 11.2. The van der Waals surface area contributed by atoms with E-state index in [1.807, 2.05) is 31.5 Å². The van der Waals surface area contributed by atoms with E-state index in [0.717, 1.165) is 70.7 Å². The van der Waals surface area contributed by atoms with Crippen molar-refractivity contribution in [3.8, 4) is 22.8 Å². The fraction of sp³-hybridized carbons (Fsp3) is 0.455. The van der Waals surface area contributed by atoms with Crippen LogP contribution in [0.4, 0.5) is 5.82 Å². The van der Waals surface area contributed by atoms with Crippen LogP contribution in [0.25, 0.3) is 16.9 Å². The van der Waals surface area contributed by atoms with Crippen molar-refractivity contribution in [1.82, 2.24) is 14.4 Å². The number of anilines is 1. The van der Waals surface area contributed by atoms with Crippen molar-refractivity contribution in [3.05, 3.63) is 30.1 Å². The second kappa shape index (κ2) is 9.39. The Kier molecular flexibility index (Phi) is 6.90. The van der Waals surface area contributed by atoms with E-state index in [1.54, 1.807) is 26.0 Å². The monoisotopic (exact) mass is 414 g/mol. The minimum absolute atomic E-state index is 0.733. The third kappa shape index (κ3) is 4.01. The molecule has 29 heavy (non-hydrogen) atoms. The van der Waals surface area contributed by atoms with Crippen molar-refractivity contribution in [2.45, 2.75) is 38.6 Å². The van der Waals surface area contributed by atoms with Crippen LogP contribution in [-0.2, 0) is 0 Å². The molecule has 0 unspecified atom stereocenters. The Labute approximate surface area is 177 Å². The molecule has 0 aliphatic carbocycles. The Hall–Kier alpha value is -2.41. The summed E-state index contributed by atoms with van der Waals surface area (Å²) in [5, 5.41) is 1.01. The summed E-state index contributed by atoms with van der Waals surface area (Å²) in [6.07, 6.45) is 8.05. The Bertz CT molecular complexity index is 955. The predicted molar refractivity (Wildman–Crippen MR) is 121 cm³/mol. The summed E-state index contributed by atoms with van der Waals surface area (Å²) < 4.78 is 13.5. The minimum Gasteiger partial charge on any atom is -0.496 e. The van der Waals surface area contributed by atoms with Crippen molar-refractivity contribution in [3.63, 3.8) is 0 Å². The van der Waals surface area contributed by atoms with Gasteiger partial charge in [0.2, 0.25) is 0 Å². The number of imidazole rings is 1. The highest BCUT2D eigenvalue weighted by molar-refractivity contribution is 7.98. The number of rotatable bonds is 9. The summed E-state index contributed by atoms with van der Waals surface area (Å²) >= 11 is 1.66. The van der Waals surface area contributed by atoms with E-state index in [2.05, 4.69) is 29.4 Å². The molecule has 3 rings (SSSR count). The molecule has 7 heteroatoms. The van der Waals surface area contributed by atoms with Crippen molar-refractivity contribution >= 4 is 23.2 Å². The van der Waals surface area contributed by atoms with Gasteiger partial charge in [0.25, 0.3) is 0 Å². The summed E-state index contributed by atoms with van der Waals surface area (Å²) in [5.74, 6) is 2.60. The first-order valence-electron chi connectivity index (χ1n) is 9.98. The van der Waals surface area contributed by atoms with Crippen molar-refractivity contribution in [2.75, 3.05) is 38.5 Å². The second-order valence-corrected chi connectivity index (χ2v) is 7.74. The van der Waals surface area contributed by atoms with Gasteiger partial charge in [-0.3, -0.25) is 9.38 Å². The van der Waals surface area contributed by atoms with E-state index in [9.17, 15) is 0 Å². The fourth-order valence-electron chi connectivity index (χ4n) is 3.68. The summed E-state index contributed by atoms with van der Waals surface area (Å²) in [6.45, 7) is 8.42. The molecule has 0 aliphatic heterocycles. The van der Waals surface area contributed by atoms with E-state index in [1.165, 1.54) is 0 Å². The molecule has 0 saturated carbocycles. The first kappa shape index (κ1) is 21.3. The van der Waals surface area contributed by atoms with Crippen LogP contribution in [0, 0.1) is 6.92 Å². The summed E-state index contributed by atoms with van der Waals surface area (Å²) in [7, 11) is 3.35. The lowest BCUT2D eigenvalue weighted by Gasteiger charge is -2.24. The average molecular weight is 415 g/mol. The average Bonchev–Trinajstić information content (AvgIpc) is 3.11. The van der Waals surface area contributed by atoms with E-state index in [4.69, 9.17) is 19.4 Å². The minimum atomic E-state index is 0.733. The van der Waals surface area contributed by atoms with Crippen LogP contribution >= 0.6 is 11.8 Å². The van der Waals surface area contributed by atoms with Crippen LogP contribution in [0.5, 0.6) is 11.5 Å². The van der Waals surface area contributed by atoms with Gasteiger partial charge in [0.05, 0.1) is 19.8 Å². The number of thioether (sulfide) groups is 1. The SMILES string of the molecule is CCCN(CCC)c1c(SC)nc2c(-c3c(OC)cc(C)cc3OC)nccn12. The van der Waals surface area contributed by atoms with Crippen LogP contribution in [-0.4, -0.2) is 47.9 Å². The van der Waals surface area contributed by atoms with Gasteiger partial charge in [-0.2, -0.15) is 0 Å². The number of methoxy groups -OCH3 is 2. The highest BCUT2D eigenvalue weighted by atomic mass is 32.2.